The number of carbonyl (C=O) groups excluding carboxylic acids is 1. The highest BCUT2D eigenvalue weighted by Crippen LogP contribution is 2.33. The molecule has 2 aromatic rings. The van der Waals surface area contributed by atoms with E-state index in [4.69, 9.17) is 0 Å². The number of amides is 1. The summed E-state index contributed by atoms with van der Waals surface area (Å²) >= 11 is 1.36. The molecular weight excluding hydrogens is 396 g/mol. The molecule has 0 bridgehead atoms. The van der Waals surface area contributed by atoms with Crippen molar-refractivity contribution in [3.05, 3.63) is 29.8 Å². The molecule has 0 unspecified atom stereocenters. The van der Waals surface area contributed by atoms with Gasteiger partial charge >= 0.3 is 0 Å². The lowest BCUT2D eigenvalue weighted by atomic mass is 10.1. The third-order valence-corrected chi connectivity index (χ3v) is 8.13. The molecule has 2 aliphatic rings. The largest absolute Gasteiger partial charge is 0.335 e. The van der Waals surface area contributed by atoms with Crippen LogP contribution in [0.3, 0.4) is 0 Å². The Balaban J connectivity index is 1.45. The van der Waals surface area contributed by atoms with Gasteiger partial charge in [-0.2, -0.15) is 0 Å². The van der Waals surface area contributed by atoms with Crippen LogP contribution in [-0.2, 0) is 21.7 Å². The molecule has 1 saturated carbocycles. The van der Waals surface area contributed by atoms with Crippen molar-refractivity contribution < 1.29 is 13.2 Å². The highest BCUT2D eigenvalue weighted by atomic mass is 32.2. The zero-order valence-corrected chi connectivity index (χ0v) is 17.7. The van der Waals surface area contributed by atoms with E-state index in [1.165, 1.54) is 11.8 Å². The van der Waals surface area contributed by atoms with Crippen molar-refractivity contribution in [2.45, 2.75) is 43.4 Å². The maximum Gasteiger partial charge on any atom is 0.233 e. The van der Waals surface area contributed by atoms with Gasteiger partial charge in [-0.25, -0.2) is 8.42 Å². The second kappa shape index (κ2) is 7.51. The van der Waals surface area contributed by atoms with Gasteiger partial charge in [0.15, 0.2) is 20.8 Å². The summed E-state index contributed by atoms with van der Waals surface area (Å²) in [6.45, 7) is 2.03. The van der Waals surface area contributed by atoms with Gasteiger partial charge in [0, 0.05) is 24.7 Å². The number of nitrogens with zero attached hydrogens (tertiary/aromatic N) is 4. The van der Waals surface area contributed by atoms with Crippen LogP contribution < -0.4 is 0 Å². The summed E-state index contributed by atoms with van der Waals surface area (Å²) in [4.78, 5) is 14.7. The van der Waals surface area contributed by atoms with Gasteiger partial charge < -0.3 is 9.47 Å². The van der Waals surface area contributed by atoms with Crippen LogP contribution in [0.15, 0.2) is 29.4 Å². The van der Waals surface area contributed by atoms with E-state index in [-0.39, 0.29) is 35.2 Å². The standard InChI is InChI=1S/C19H24N4O3S2/c1-13-5-3-4-6-16(13)18-20-21-19(22(18)2)27-11-17(24)23(14-7-8-14)15-9-10-28(25,26)12-15/h3-6,14-15H,7-12H2,1-2H3/t15-/m1/s1. The Morgan fingerprint density at radius 1 is 1.21 bits per heavy atom. The molecule has 1 aromatic heterocycles. The number of aromatic nitrogens is 3. The molecule has 0 radical (unpaired) electrons. The Kier molecular flexibility index (Phi) is 5.22. The smallest absolute Gasteiger partial charge is 0.233 e. The minimum absolute atomic E-state index is 0.00459. The molecule has 1 aliphatic heterocycles. The molecule has 28 heavy (non-hydrogen) atoms. The van der Waals surface area contributed by atoms with Gasteiger partial charge in [-0.15, -0.1) is 10.2 Å². The molecule has 7 nitrogen and oxygen atoms in total. The highest BCUT2D eigenvalue weighted by Gasteiger charge is 2.42. The number of hydrogen-bond donors (Lipinski definition) is 0. The van der Waals surface area contributed by atoms with E-state index in [2.05, 4.69) is 10.2 Å². The first-order valence-electron chi connectivity index (χ1n) is 9.45. The monoisotopic (exact) mass is 420 g/mol. The molecule has 9 heteroatoms. The van der Waals surface area contributed by atoms with Crippen molar-refractivity contribution in [2.24, 2.45) is 7.05 Å². The lowest BCUT2D eigenvalue weighted by molar-refractivity contribution is -0.130. The number of rotatable bonds is 6. The topological polar surface area (TPSA) is 85.2 Å². The molecule has 0 spiro atoms. The average Bonchev–Trinajstić information content (AvgIpc) is 3.32. The van der Waals surface area contributed by atoms with Crippen molar-refractivity contribution in [1.29, 1.82) is 0 Å². The van der Waals surface area contributed by atoms with Gasteiger partial charge in [-0.1, -0.05) is 36.0 Å². The van der Waals surface area contributed by atoms with Crippen molar-refractivity contribution in [1.82, 2.24) is 19.7 Å². The van der Waals surface area contributed by atoms with E-state index in [0.717, 1.165) is 29.8 Å². The number of thioether (sulfide) groups is 1. The van der Waals surface area contributed by atoms with Crippen LogP contribution in [0.4, 0.5) is 0 Å². The molecule has 1 aliphatic carbocycles. The van der Waals surface area contributed by atoms with Crippen molar-refractivity contribution in [3.8, 4) is 11.4 Å². The third kappa shape index (κ3) is 3.96. The summed E-state index contributed by atoms with van der Waals surface area (Å²) in [6, 6.07) is 8.02. The lowest BCUT2D eigenvalue weighted by Gasteiger charge is -2.28. The molecule has 1 aromatic carbocycles. The first-order valence-corrected chi connectivity index (χ1v) is 12.3. The Bertz CT molecular complexity index is 998. The Labute approximate surface area is 169 Å². The number of sulfone groups is 1. The summed E-state index contributed by atoms with van der Waals surface area (Å²) in [6.07, 6.45) is 2.49. The van der Waals surface area contributed by atoms with E-state index < -0.39 is 9.84 Å². The van der Waals surface area contributed by atoms with Gasteiger partial charge in [-0.3, -0.25) is 4.79 Å². The van der Waals surface area contributed by atoms with Crippen LogP contribution in [0.2, 0.25) is 0 Å². The SMILES string of the molecule is Cc1ccccc1-c1nnc(SCC(=O)N(C2CC2)[C@@H]2CCS(=O)(=O)C2)n1C. The molecule has 150 valence electrons. The normalized spacial score (nSPS) is 21.0. The Morgan fingerprint density at radius 3 is 2.61 bits per heavy atom. The Hall–Kier alpha value is -1.87. The molecule has 1 saturated heterocycles. The fraction of sp³-hybridized carbons (Fsp3) is 0.526. The minimum Gasteiger partial charge on any atom is -0.335 e. The number of benzene rings is 1. The molecule has 0 N–H and O–H groups in total. The second-order valence-corrected chi connectivity index (χ2v) is 10.7. The van der Waals surface area contributed by atoms with E-state index in [1.54, 1.807) is 0 Å². The quantitative estimate of drug-likeness (QED) is 0.665. The summed E-state index contributed by atoms with van der Waals surface area (Å²) in [5.41, 5.74) is 2.14. The van der Waals surface area contributed by atoms with Crippen LogP contribution in [-0.4, -0.2) is 63.3 Å². The van der Waals surface area contributed by atoms with Crippen LogP contribution >= 0.6 is 11.8 Å². The number of hydrogen-bond acceptors (Lipinski definition) is 6. The van der Waals surface area contributed by atoms with Gasteiger partial charge in [0.1, 0.15) is 0 Å². The molecule has 1 amide bonds. The minimum atomic E-state index is -3.01. The zero-order chi connectivity index (χ0) is 19.9. The van der Waals surface area contributed by atoms with Crippen molar-refractivity contribution >= 4 is 27.5 Å². The fourth-order valence-corrected chi connectivity index (χ4v) is 6.24. The summed E-state index contributed by atoms with van der Waals surface area (Å²) < 4.78 is 25.6. The molecule has 4 rings (SSSR count). The summed E-state index contributed by atoms with van der Waals surface area (Å²) in [7, 11) is -1.11. The highest BCUT2D eigenvalue weighted by molar-refractivity contribution is 7.99. The number of carbonyl (C=O) groups is 1. The lowest BCUT2D eigenvalue weighted by Crippen LogP contribution is -2.43. The Morgan fingerprint density at radius 2 is 1.96 bits per heavy atom. The van der Waals surface area contributed by atoms with E-state index in [9.17, 15) is 13.2 Å². The predicted octanol–water partition coefficient (Wildman–Crippen LogP) is 2.06. The maximum atomic E-state index is 12.9. The van der Waals surface area contributed by atoms with Crippen molar-refractivity contribution in [2.75, 3.05) is 17.3 Å². The second-order valence-electron chi connectivity index (χ2n) is 7.56. The van der Waals surface area contributed by atoms with Gasteiger partial charge in [0.25, 0.3) is 0 Å². The van der Waals surface area contributed by atoms with E-state index in [0.29, 0.717) is 11.6 Å². The molecule has 1 atom stereocenters. The average molecular weight is 421 g/mol. The first-order chi connectivity index (χ1) is 13.4. The van der Waals surface area contributed by atoms with Crippen LogP contribution in [0.1, 0.15) is 24.8 Å². The van der Waals surface area contributed by atoms with Gasteiger partial charge in [-0.05, 0) is 31.7 Å². The van der Waals surface area contributed by atoms with Crippen LogP contribution in [0, 0.1) is 6.92 Å². The van der Waals surface area contributed by atoms with Gasteiger partial charge in [0.2, 0.25) is 5.91 Å². The maximum absolute atomic E-state index is 12.9. The number of aryl methyl sites for hydroxylation is 1. The molecule has 2 heterocycles. The van der Waals surface area contributed by atoms with Gasteiger partial charge in [0.05, 0.1) is 17.3 Å². The molecular formula is C19H24N4O3S2. The van der Waals surface area contributed by atoms with E-state index in [1.807, 2.05) is 47.7 Å². The van der Waals surface area contributed by atoms with Crippen LogP contribution in [0.5, 0.6) is 0 Å². The predicted molar refractivity (Wildman–Crippen MR) is 109 cm³/mol. The zero-order valence-electron chi connectivity index (χ0n) is 16.0. The third-order valence-electron chi connectivity index (χ3n) is 5.38. The summed E-state index contributed by atoms with van der Waals surface area (Å²) in [5.74, 6) is 1.29. The summed E-state index contributed by atoms with van der Waals surface area (Å²) in [5, 5.41) is 9.24. The van der Waals surface area contributed by atoms with Crippen LogP contribution in [0.25, 0.3) is 11.4 Å². The van der Waals surface area contributed by atoms with Crippen molar-refractivity contribution in [3.63, 3.8) is 0 Å². The fourth-order valence-electron chi connectivity index (χ4n) is 3.75. The first kappa shape index (κ1) is 19.4. The molecule has 2 fully saturated rings. The van der Waals surface area contributed by atoms with E-state index >= 15 is 0 Å².